The van der Waals surface area contributed by atoms with Crippen LogP contribution in [0.3, 0.4) is 0 Å². The van der Waals surface area contributed by atoms with Crippen molar-refractivity contribution in [3.05, 3.63) is 30.1 Å². The van der Waals surface area contributed by atoms with E-state index >= 15 is 0 Å². The summed E-state index contributed by atoms with van der Waals surface area (Å²) >= 11 is 0. The van der Waals surface area contributed by atoms with E-state index in [1.54, 1.807) is 0 Å². The standard InChI is InChI=1S/C12H18N2/c1-9(2)11-7-14-8-12(11)10-3-5-13-6-4-10/h3-6,9,11-12,14H,7-8H2,1-2H3/t11-,12-/m0/s1. The van der Waals surface area contributed by atoms with Gasteiger partial charge in [-0.15, -0.1) is 0 Å². The second kappa shape index (κ2) is 4.09. The molecule has 2 atom stereocenters. The summed E-state index contributed by atoms with van der Waals surface area (Å²) in [5.41, 5.74) is 1.43. The summed E-state index contributed by atoms with van der Waals surface area (Å²) in [4.78, 5) is 4.07. The molecule has 1 fully saturated rings. The van der Waals surface area contributed by atoms with Crippen LogP contribution in [0.2, 0.25) is 0 Å². The summed E-state index contributed by atoms with van der Waals surface area (Å²) in [5, 5.41) is 3.48. The van der Waals surface area contributed by atoms with Crippen LogP contribution in [-0.4, -0.2) is 18.1 Å². The van der Waals surface area contributed by atoms with Crippen molar-refractivity contribution in [1.29, 1.82) is 0 Å². The van der Waals surface area contributed by atoms with Crippen molar-refractivity contribution in [2.75, 3.05) is 13.1 Å². The smallest absolute Gasteiger partial charge is 0.0270 e. The fourth-order valence-corrected chi connectivity index (χ4v) is 2.38. The zero-order valence-electron chi connectivity index (χ0n) is 8.90. The highest BCUT2D eigenvalue weighted by Crippen LogP contribution is 2.32. The summed E-state index contributed by atoms with van der Waals surface area (Å²) in [6, 6.07) is 4.29. The minimum Gasteiger partial charge on any atom is -0.316 e. The number of nitrogens with one attached hydrogen (secondary N) is 1. The van der Waals surface area contributed by atoms with E-state index in [4.69, 9.17) is 0 Å². The van der Waals surface area contributed by atoms with Crippen molar-refractivity contribution in [3.63, 3.8) is 0 Å². The number of hydrogen-bond donors (Lipinski definition) is 1. The Morgan fingerprint density at radius 2 is 2.00 bits per heavy atom. The van der Waals surface area contributed by atoms with Crippen molar-refractivity contribution in [2.24, 2.45) is 11.8 Å². The summed E-state index contributed by atoms with van der Waals surface area (Å²) in [5.74, 6) is 2.21. The van der Waals surface area contributed by atoms with Gasteiger partial charge in [0.15, 0.2) is 0 Å². The van der Waals surface area contributed by atoms with Gasteiger partial charge in [-0.25, -0.2) is 0 Å². The van der Waals surface area contributed by atoms with Gasteiger partial charge < -0.3 is 5.32 Å². The van der Waals surface area contributed by atoms with Gasteiger partial charge in [0.1, 0.15) is 0 Å². The van der Waals surface area contributed by atoms with E-state index in [2.05, 4.69) is 36.3 Å². The Morgan fingerprint density at radius 1 is 1.29 bits per heavy atom. The number of nitrogens with zero attached hydrogens (tertiary/aromatic N) is 1. The average Bonchev–Trinajstić information content (AvgIpc) is 2.67. The molecule has 0 radical (unpaired) electrons. The molecule has 0 aliphatic carbocycles. The number of aromatic nitrogens is 1. The van der Waals surface area contributed by atoms with E-state index < -0.39 is 0 Å². The third kappa shape index (κ3) is 1.80. The van der Waals surface area contributed by atoms with Gasteiger partial charge in [0.05, 0.1) is 0 Å². The first-order chi connectivity index (χ1) is 6.79. The van der Waals surface area contributed by atoms with Crippen LogP contribution in [0.5, 0.6) is 0 Å². The SMILES string of the molecule is CC(C)[C@@H]1CNC[C@H]1c1ccncc1. The molecule has 2 heterocycles. The van der Waals surface area contributed by atoms with E-state index in [-0.39, 0.29) is 0 Å². The highest BCUT2D eigenvalue weighted by molar-refractivity contribution is 5.19. The lowest BCUT2D eigenvalue weighted by Crippen LogP contribution is -2.17. The third-order valence-corrected chi connectivity index (χ3v) is 3.25. The van der Waals surface area contributed by atoms with Crippen molar-refractivity contribution < 1.29 is 0 Å². The molecule has 0 amide bonds. The lowest BCUT2D eigenvalue weighted by Gasteiger charge is -2.22. The molecular formula is C12H18N2. The lowest BCUT2D eigenvalue weighted by atomic mass is 9.82. The monoisotopic (exact) mass is 190 g/mol. The van der Waals surface area contributed by atoms with Crippen LogP contribution in [0.4, 0.5) is 0 Å². The van der Waals surface area contributed by atoms with Crippen molar-refractivity contribution in [1.82, 2.24) is 10.3 Å². The molecule has 2 heteroatoms. The second-order valence-corrected chi connectivity index (χ2v) is 4.45. The molecule has 76 valence electrons. The predicted molar refractivity (Wildman–Crippen MR) is 58.2 cm³/mol. The molecule has 0 spiro atoms. The maximum absolute atomic E-state index is 4.07. The molecule has 1 N–H and O–H groups in total. The van der Waals surface area contributed by atoms with Gasteiger partial charge in [-0.3, -0.25) is 4.98 Å². The van der Waals surface area contributed by atoms with Crippen LogP contribution in [-0.2, 0) is 0 Å². The largest absolute Gasteiger partial charge is 0.316 e. The molecule has 1 aliphatic rings. The average molecular weight is 190 g/mol. The molecule has 1 saturated heterocycles. The highest BCUT2D eigenvalue weighted by atomic mass is 14.9. The van der Waals surface area contributed by atoms with Gasteiger partial charge in [-0.05, 0) is 36.1 Å². The zero-order chi connectivity index (χ0) is 9.97. The summed E-state index contributed by atoms with van der Waals surface area (Å²) in [6.07, 6.45) is 3.79. The summed E-state index contributed by atoms with van der Waals surface area (Å²) in [7, 11) is 0. The van der Waals surface area contributed by atoms with E-state index in [1.165, 1.54) is 5.56 Å². The van der Waals surface area contributed by atoms with Crippen molar-refractivity contribution in [2.45, 2.75) is 19.8 Å². The minimum atomic E-state index is 0.679. The minimum absolute atomic E-state index is 0.679. The molecule has 14 heavy (non-hydrogen) atoms. The molecule has 0 saturated carbocycles. The van der Waals surface area contributed by atoms with Crippen molar-refractivity contribution in [3.8, 4) is 0 Å². The van der Waals surface area contributed by atoms with E-state index in [0.717, 1.165) is 24.9 Å². The Bertz CT molecular complexity index is 282. The number of hydrogen-bond acceptors (Lipinski definition) is 2. The summed E-state index contributed by atoms with van der Waals surface area (Å²) < 4.78 is 0. The fraction of sp³-hybridized carbons (Fsp3) is 0.583. The van der Waals surface area contributed by atoms with E-state index in [1.807, 2.05) is 12.4 Å². The normalized spacial score (nSPS) is 27.1. The highest BCUT2D eigenvalue weighted by Gasteiger charge is 2.30. The number of pyridine rings is 1. The topological polar surface area (TPSA) is 24.9 Å². The number of rotatable bonds is 2. The molecule has 1 aromatic heterocycles. The van der Waals surface area contributed by atoms with Gasteiger partial charge in [0, 0.05) is 24.9 Å². The quantitative estimate of drug-likeness (QED) is 0.772. The summed E-state index contributed by atoms with van der Waals surface area (Å²) in [6.45, 7) is 6.90. The third-order valence-electron chi connectivity index (χ3n) is 3.25. The Labute approximate surface area is 85.7 Å². The molecule has 0 unspecified atom stereocenters. The molecule has 1 aromatic rings. The molecular weight excluding hydrogens is 172 g/mol. The van der Waals surface area contributed by atoms with Crippen LogP contribution in [0.25, 0.3) is 0 Å². The van der Waals surface area contributed by atoms with Crippen LogP contribution < -0.4 is 5.32 Å². The van der Waals surface area contributed by atoms with Crippen LogP contribution in [0, 0.1) is 11.8 Å². The van der Waals surface area contributed by atoms with Gasteiger partial charge >= 0.3 is 0 Å². The zero-order valence-corrected chi connectivity index (χ0v) is 8.90. The van der Waals surface area contributed by atoms with Crippen LogP contribution >= 0.6 is 0 Å². The molecule has 0 aromatic carbocycles. The molecule has 0 bridgehead atoms. The van der Waals surface area contributed by atoms with Crippen molar-refractivity contribution >= 4 is 0 Å². The fourth-order valence-electron chi connectivity index (χ4n) is 2.38. The van der Waals surface area contributed by atoms with Crippen LogP contribution in [0.15, 0.2) is 24.5 Å². The van der Waals surface area contributed by atoms with Gasteiger partial charge in [-0.1, -0.05) is 13.8 Å². The molecule has 2 rings (SSSR count). The first kappa shape index (κ1) is 9.66. The maximum atomic E-state index is 4.07. The maximum Gasteiger partial charge on any atom is 0.0270 e. The van der Waals surface area contributed by atoms with Gasteiger partial charge in [0.25, 0.3) is 0 Å². The first-order valence-corrected chi connectivity index (χ1v) is 5.39. The molecule has 2 nitrogen and oxygen atoms in total. The first-order valence-electron chi connectivity index (χ1n) is 5.39. The van der Waals surface area contributed by atoms with E-state index in [9.17, 15) is 0 Å². The van der Waals surface area contributed by atoms with E-state index in [0.29, 0.717) is 5.92 Å². The van der Waals surface area contributed by atoms with Gasteiger partial charge in [-0.2, -0.15) is 0 Å². The predicted octanol–water partition coefficient (Wildman–Crippen LogP) is 2.04. The second-order valence-electron chi connectivity index (χ2n) is 4.45. The Morgan fingerprint density at radius 3 is 2.64 bits per heavy atom. The van der Waals surface area contributed by atoms with Gasteiger partial charge in [0.2, 0.25) is 0 Å². The Hall–Kier alpha value is -0.890. The van der Waals surface area contributed by atoms with Crippen LogP contribution in [0.1, 0.15) is 25.3 Å². The molecule has 1 aliphatic heterocycles. The Kier molecular flexibility index (Phi) is 2.82. The lowest BCUT2D eigenvalue weighted by molar-refractivity contribution is 0.381. The Balaban J connectivity index is 2.18.